The molecule has 0 bridgehead atoms. The molecule has 0 aliphatic carbocycles. The molecule has 0 unspecified atom stereocenters. The lowest BCUT2D eigenvalue weighted by molar-refractivity contribution is -0.384. The fourth-order valence-electron chi connectivity index (χ4n) is 1.34. The maximum Gasteiger partial charge on any atom is 0.270 e. The van der Waals surface area contributed by atoms with Crippen molar-refractivity contribution >= 4 is 21.6 Å². The molecule has 0 radical (unpaired) electrons. The van der Waals surface area contributed by atoms with Gasteiger partial charge in [-0.1, -0.05) is 31.6 Å². The third-order valence-corrected chi connectivity index (χ3v) is 2.95. The lowest BCUT2D eigenvalue weighted by atomic mass is 10.2. The van der Waals surface area contributed by atoms with Gasteiger partial charge in [-0.3, -0.25) is 10.1 Å². The van der Waals surface area contributed by atoms with E-state index in [9.17, 15) is 10.1 Å². The van der Waals surface area contributed by atoms with Gasteiger partial charge in [0.15, 0.2) is 0 Å². The van der Waals surface area contributed by atoms with Crippen molar-refractivity contribution in [1.29, 1.82) is 0 Å². The number of unbranched alkanes of at least 4 members (excludes halogenated alkanes) is 3. The minimum absolute atomic E-state index is 0.0772. The third kappa shape index (κ3) is 4.58. The van der Waals surface area contributed by atoms with Gasteiger partial charge in [-0.25, -0.2) is 0 Å². The summed E-state index contributed by atoms with van der Waals surface area (Å²) in [4.78, 5) is 10.1. The van der Waals surface area contributed by atoms with Crippen LogP contribution in [0, 0.1) is 22.0 Å². The molecule has 0 saturated carbocycles. The molecule has 4 heteroatoms. The summed E-state index contributed by atoms with van der Waals surface area (Å²) in [5.41, 5.74) is 0.875. The van der Waals surface area contributed by atoms with E-state index in [1.807, 2.05) is 0 Å². The second kappa shape index (κ2) is 7.08. The van der Waals surface area contributed by atoms with Crippen molar-refractivity contribution in [2.24, 2.45) is 0 Å². The van der Waals surface area contributed by atoms with E-state index in [4.69, 9.17) is 0 Å². The van der Waals surface area contributed by atoms with Crippen LogP contribution in [0.1, 0.15) is 38.2 Å². The Bertz CT molecular complexity index is 460. The number of nitrogens with zero attached hydrogens (tertiary/aromatic N) is 1. The smallest absolute Gasteiger partial charge is 0.258 e. The Labute approximate surface area is 110 Å². The highest BCUT2D eigenvalue weighted by atomic mass is 79.9. The zero-order valence-electron chi connectivity index (χ0n) is 9.70. The number of halogens is 1. The molecular formula is C13H14BrNO2. The fraction of sp³-hybridized carbons (Fsp3) is 0.385. The Morgan fingerprint density at radius 3 is 2.76 bits per heavy atom. The zero-order chi connectivity index (χ0) is 12.7. The number of rotatable bonds is 4. The average Bonchev–Trinajstić information content (AvgIpc) is 2.30. The SMILES string of the molecule is CCCCCC#Cc1ccc([N+](=O)[O-])cc1Br. The van der Waals surface area contributed by atoms with E-state index in [-0.39, 0.29) is 5.69 Å². The summed E-state index contributed by atoms with van der Waals surface area (Å²) in [5, 5.41) is 10.5. The summed E-state index contributed by atoms with van der Waals surface area (Å²) in [5.74, 6) is 6.09. The van der Waals surface area contributed by atoms with E-state index in [0.717, 1.165) is 18.4 Å². The molecule has 0 saturated heterocycles. The number of hydrogen-bond donors (Lipinski definition) is 0. The van der Waals surface area contributed by atoms with Crippen LogP contribution in [0.4, 0.5) is 5.69 Å². The predicted octanol–water partition coefficient (Wildman–Crippen LogP) is 4.29. The minimum atomic E-state index is -0.413. The highest BCUT2D eigenvalue weighted by Crippen LogP contribution is 2.22. The molecule has 0 N–H and O–H groups in total. The van der Waals surface area contributed by atoms with Crippen molar-refractivity contribution in [1.82, 2.24) is 0 Å². The molecule has 0 amide bonds. The molecule has 1 aromatic rings. The highest BCUT2D eigenvalue weighted by molar-refractivity contribution is 9.10. The number of nitro benzene ring substituents is 1. The van der Waals surface area contributed by atoms with Gasteiger partial charge in [-0.15, -0.1) is 0 Å². The van der Waals surface area contributed by atoms with Gasteiger partial charge in [0, 0.05) is 28.6 Å². The molecule has 90 valence electrons. The summed E-state index contributed by atoms with van der Waals surface area (Å²) in [6, 6.07) is 4.63. The second-order valence-corrected chi connectivity index (χ2v) is 4.53. The molecular weight excluding hydrogens is 282 g/mol. The molecule has 1 rings (SSSR count). The van der Waals surface area contributed by atoms with Gasteiger partial charge in [0.05, 0.1) is 4.92 Å². The number of hydrogen-bond acceptors (Lipinski definition) is 2. The van der Waals surface area contributed by atoms with Crippen LogP contribution in [0.3, 0.4) is 0 Å². The van der Waals surface area contributed by atoms with Gasteiger partial charge in [0.25, 0.3) is 5.69 Å². The largest absolute Gasteiger partial charge is 0.270 e. The van der Waals surface area contributed by atoms with Crippen LogP contribution in [0.25, 0.3) is 0 Å². The van der Waals surface area contributed by atoms with Gasteiger partial charge in [0.1, 0.15) is 0 Å². The summed E-state index contributed by atoms with van der Waals surface area (Å²) in [6.45, 7) is 2.15. The summed E-state index contributed by atoms with van der Waals surface area (Å²) in [7, 11) is 0. The normalized spacial score (nSPS) is 9.53. The van der Waals surface area contributed by atoms with E-state index < -0.39 is 4.92 Å². The summed E-state index contributed by atoms with van der Waals surface area (Å²) < 4.78 is 0.676. The van der Waals surface area contributed by atoms with Gasteiger partial charge in [-0.2, -0.15) is 0 Å². The van der Waals surface area contributed by atoms with E-state index in [1.165, 1.54) is 25.0 Å². The lowest BCUT2D eigenvalue weighted by Crippen LogP contribution is -1.88. The standard InChI is InChI=1S/C13H14BrNO2/c1-2-3-4-5-6-7-11-8-9-12(15(16)17)10-13(11)14/h8-10H,2-5H2,1H3. The summed E-state index contributed by atoms with van der Waals surface area (Å²) >= 11 is 3.29. The highest BCUT2D eigenvalue weighted by Gasteiger charge is 2.07. The molecule has 0 heterocycles. The molecule has 0 aliphatic rings. The van der Waals surface area contributed by atoms with Gasteiger partial charge in [-0.05, 0) is 28.4 Å². The van der Waals surface area contributed by atoms with Crippen molar-refractivity contribution in [3.05, 3.63) is 38.3 Å². The van der Waals surface area contributed by atoms with Crippen LogP contribution in [0.2, 0.25) is 0 Å². The van der Waals surface area contributed by atoms with Crippen molar-refractivity contribution in [3.8, 4) is 11.8 Å². The van der Waals surface area contributed by atoms with Crippen molar-refractivity contribution < 1.29 is 4.92 Å². The Kier molecular flexibility index (Phi) is 5.71. The van der Waals surface area contributed by atoms with Crippen LogP contribution >= 0.6 is 15.9 Å². The minimum Gasteiger partial charge on any atom is -0.258 e. The monoisotopic (exact) mass is 295 g/mol. The Morgan fingerprint density at radius 2 is 2.18 bits per heavy atom. The lowest BCUT2D eigenvalue weighted by Gasteiger charge is -1.96. The van der Waals surface area contributed by atoms with E-state index in [0.29, 0.717) is 4.47 Å². The molecule has 0 fully saturated rings. The topological polar surface area (TPSA) is 43.1 Å². The van der Waals surface area contributed by atoms with Gasteiger partial charge < -0.3 is 0 Å². The maximum absolute atomic E-state index is 10.5. The summed E-state index contributed by atoms with van der Waals surface area (Å²) in [6.07, 6.45) is 4.35. The Balaban J connectivity index is 2.69. The second-order valence-electron chi connectivity index (χ2n) is 3.68. The Hall–Kier alpha value is -1.34. The molecule has 3 nitrogen and oxygen atoms in total. The number of benzene rings is 1. The number of nitro groups is 1. The first-order valence-corrected chi connectivity index (χ1v) is 6.37. The zero-order valence-corrected chi connectivity index (χ0v) is 11.3. The van der Waals surface area contributed by atoms with E-state index in [1.54, 1.807) is 6.07 Å². The molecule has 0 atom stereocenters. The van der Waals surface area contributed by atoms with Crippen molar-refractivity contribution in [3.63, 3.8) is 0 Å². The number of non-ortho nitro benzene ring substituents is 1. The first kappa shape index (κ1) is 13.7. The van der Waals surface area contributed by atoms with Crippen LogP contribution in [0.5, 0.6) is 0 Å². The van der Waals surface area contributed by atoms with Crippen molar-refractivity contribution in [2.75, 3.05) is 0 Å². The average molecular weight is 296 g/mol. The molecule has 17 heavy (non-hydrogen) atoms. The van der Waals surface area contributed by atoms with Crippen molar-refractivity contribution in [2.45, 2.75) is 32.6 Å². The molecule has 1 aromatic carbocycles. The maximum atomic E-state index is 10.5. The van der Waals surface area contributed by atoms with Crippen LogP contribution in [0.15, 0.2) is 22.7 Å². The predicted molar refractivity (Wildman–Crippen MR) is 71.8 cm³/mol. The quantitative estimate of drug-likeness (QED) is 0.360. The first-order valence-electron chi connectivity index (χ1n) is 5.58. The first-order chi connectivity index (χ1) is 8.15. The molecule has 0 spiro atoms. The van der Waals surface area contributed by atoms with E-state index >= 15 is 0 Å². The van der Waals surface area contributed by atoms with E-state index in [2.05, 4.69) is 34.7 Å². The third-order valence-electron chi connectivity index (χ3n) is 2.29. The molecule has 0 aromatic heterocycles. The van der Waals surface area contributed by atoms with Crippen LogP contribution in [-0.4, -0.2) is 4.92 Å². The molecule has 0 aliphatic heterocycles. The van der Waals surface area contributed by atoms with Crippen LogP contribution in [-0.2, 0) is 0 Å². The fourth-order valence-corrected chi connectivity index (χ4v) is 1.81. The van der Waals surface area contributed by atoms with Gasteiger partial charge >= 0.3 is 0 Å². The van der Waals surface area contributed by atoms with Gasteiger partial charge in [0.2, 0.25) is 0 Å². The van der Waals surface area contributed by atoms with Crippen LogP contribution < -0.4 is 0 Å². The Morgan fingerprint density at radius 1 is 1.41 bits per heavy atom.